The van der Waals surface area contributed by atoms with Crippen molar-refractivity contribution in [3.8, 4) is 5.75 Å². The van der Waals surface area contributed by atoms with E-state index >= 15 is 0 Å². The van der Waals surface area contributed by atoms with E-state index in [0.29, 0.717) is 32.3 Å². The second-order valence-electron chi connectivity index (χ2n) is 5.15. The van der Waals surface area contributed by atoms with Crippen LogP contribution in [0.1, 0.15) is 32.3 Å². The largest absolute Gasteiger partial charge is 0.490 e. The van der Waals surface area contributed by atoms with Crippen LogP contribution in [-0.2, 0) is 16.0 Å². The Labute approximate surface area is 139 Å². The molecule has 0 bridgehead atoms. The predicted octanol–water partition coefficient (Wildman–Crippen LogP) is 2.15. The molecule has 2 N–H and O–H groups in total. The number of rotatable bonds is 9. The maximum Gasteiger partial charge on any atom is 0.207 e. The molecule has 130 valence electrons. The number of hydrogen-bond donors (Lipinski definition) is 2. The molecule has 1 amide bonds. The average molecular weight is 322 g/mol. The van der Waals surface area contributed by atoms with Crippen LogP contribution < -0.4 is 15.4 Å². The van der Waals surface area contributed by atoms with Crippen molar-refractivity contribution < 1.29 is 14.3 Å². The van der Waals surface area contributed by atoms with Crippen molar-refractivity contribution in [3.05, 3.63) is 29.8 Å². The van der Waals surface area contributed by atoms with Crippen LogP contribution in [0.25, 0.3) is 0 Å². The molecule has 5 nitrogen and oxygen atoms in total. The first kappa shape index (κ1) is 19.5. The molecule has 1 aliphatic heterocycles. The van der Waals surface area contributed by atoms with Crippen molar-refractivity contribution in [2.45, 2.75) is 39.2 Å². The van der Waals surface area contributed by atoms with E-state index in [2.05, 4.69) is 22.8 Å². The lowest BCUT2D eigenvalue weighted by atomic mass is 10.1. The van der Waals surface area contributed by atoms with Crippen LogP contribution in [0.5, 0.6) is 5.75 Å². The van der Waals surface area contributed by atoms with E-state index in [9.17, 15) is 4.79 Å². The molecule has 23 heavy (non-hydrogen) atoms. The Morgan fingerprint density at radius 1 is 1.17 bits per heavy atom. The van der Waals surface area contributed by atoms with Gasteiger partial charge in [0.25, 0.3) is 0 Å². The van der Waals surface area contributed by atoms with Crippen LogP contribution in [0.15, 0.2) is 24.3 Å². The quantitative estimate of drug-likeness (QED) is 0.540. The molecule has 0 saturated carbocycles. The number of ether oxygens (including phenoxy) is 2. The fourth-order valence-corrected chi connectivity index (χ4v) is 2.32. The highest BCUT2D eigenvalue weighted by Gasteiger charge is 2.14. The molecule has 1 aromatic carbocycles. The van der Waals surface area contributed by atoms with Crippen LogP contribution in [0.3, 0.4) is 0 Å². The molecule has 0 unspecified atom stereocenters. The average Bonchev–Trinajstić information content (AvgIpc) is 2.62. The minimum atomic E-state index is 0.339. The van der Waals surface area contributed by atoms with Gasteiger partial charge in [-0.25, -0.2) is 0 Å². The molecule has 1 saturated heterocycles. The molecule has 1 aromatic rings. The molecule has 2 rings (SSSR count). The second kappa shape index (κ2) is 12.9. The third-order valence-corrected chi connectivity index (χ3v) is 3.52. The first-order valence-electron chi connectivity index (χ1n) is 8.59. The van der Waals surface area contributed by atoms with Crippen molar-refractivity contribution in [1.82, 2.24) is 10.6 Å². The molecule has 5 heteroatoms. The van der Waals surface area contributed by atoms with Crippen LogP contribution in [0.2, 0.25) is 0 Å². The monoisotopic (exact) mass is 322 g/mol. The highest BCUT2D eigenvalue weighted by molar-refractivity contribution is 5.45. The lowest BCUT2D eigenvalue weighted by molar-refractivity contribution is -0.109. The van der Waals surface area contributed by atoms with E-state index in [1.807, 2.05) is 26.0 Å². The lowest BCUT2D eigenvalue weighted by Crippen LogP contribution is -2.34. The van der Waals surface area contributed by atoms with Gasteiger partial charge in [-0.15, -0.1) is 0 Å². The van der Waals surface area contributed by atoms with Gasteiger partial charge in [-0.05, 0) is 50.0 Å². The van der Waals surface area contributed by atoms with Crippen molar-refractivity contribution in [3.63, 3.8) is 0 Å². The van der Waals surface area contributed by atoms with Crippen LogP contribution in [0.4, 0.5) is 0 Å². The van der Waals surface area contributed by atoms with E-state index in [-0.39, 0.29) is 0 Å². The van der Waals surface area contributed by atoms with Gasteiger partial charge in [0.15, 0.2) is 0 Å². The minimum absolute atomic E-state index is 0.339. The molecular weight excluding hydrogens is 292 g/mol. The fourth-order valence-electron chi connectivity index (χ4n) is 2.32. The molecule has 0 radical (unpaired) electrons. The highest BCUT2D eigenvalue weighted by atomic mass is 16.5. The summed E-state index contributed by atoms with van der Waals surface area (Å²) in [6, 6.07) is 8.24. The summed E-state index contributed by atoms with van der Waals surface area (Å²) in [4.78, 5) is 10.1. The predicted molar refractivity (Wildman–Crippen MR) is 92.9 cm³/mol. The summed E-state index contributed by atoms with van der Waals surface area (Å²) in [7, 11) is 0. The van der Waals surface area contributed by atoms with Crippen molar-refractivity contribution in [1.29, 1.82) is 0 Å². The summed E-state index contributed by atoms with van der Waals surface area (Å²) in [6.07, 6.45) is 4.04. The van der Waals surface area contributed by atoms with E-state index < -0.39 is 0 Å². The van der Waals surface area contributed by atoms with Gasteiger partial charge in [0.1, 0.15) is 11.9 Å². The second-order valence-corrected chi connectivity index (χ2v) is 5.15. The maximum absolute atomic E-state index is 10.1. The topological polar surface area (TPSA) is 59.6 Å². The van der Waals surface area contributed by atoms with Gasteiger partial charge in [0, 0.05) is 6.54 Å². The summed E-state index contributed by atoms with van der Waals surface area (Å²) in [5, 5.41) is 5.90. The van der Waals surface area contributed by atoms with Crippen molar-refractivity contribution >= 4 is 6.41 Å². The van der Waals surface area contributed by atoms with Gasteiger partial charge in [-0.2, -0.15) is 0 Å². The number of nitrogens with one attached hydrogen (secondary N) is 2. The SMILES string of the molecule is CC.O=CNCCOCCc1ccc(OC2CCNCC2)cc1. The van der Waals surface area contributed by atoms with Gasteiger partial charge in [0.05, 0.1) is 13.2 Å². The molecule has 1 fully saturated rings. The molecule has 1 heterocycles. The number of carbonyl (C=O) groups is 1. The Kier molecular flexibility index (Phi) is 10.9. The van der Waals surface area contributed by atoms with E-state index in [0.717, 1.165) is 38.1 Å². The minimum Gasteiger partial charge on any atom is -0.490 e. The van der Waals surface area contributed by atoms with E-state index in [1.165, 1.54) is 5.56 Å². The van der Waals surface area contributed by atoms with Gasteiger partial charge in [-0.3, -0.25) is 4.79 Å². The summed E-state index contributed by atoms with van der Waals surface area (Å²) < 4.78 is 11.4. The number of benzene rings is 1. The van der Waals surface area contributed by atoms with Crippen LogP contribution in [0, 0.1) is 0 Å². The Morgan fingerprint density at radius 2 is 1.87 bits per heavy atom. The molecule has 0 aliphatic carbocycles. The normalized spacial score (nSPS) is 14.5. The number of hydrogen-bond acceptors (Lipinski definition) is 4. The molecule has 0 aromatic heterocycles. The molecule has 0 atom stereocenters. The van der Waals surface area contributed by atoms with E-state index in [4.69, 9.17) is 9.47 Å². The number of amides is 1. The molecule has 1 aliphatic rings. The summed E-state index contributed by atoms with van der Waals surface area (Å²) in [5.41, 5.74) is 1.23. The maximum atomic E-state index is 10.1. The van der Waals surface area contributed by atoms with E-state index in [1.54, 1.807) is 0 Å². The van der Waals surface area contributed by atoms with Crippen LogP contribution >= 0.6 is 0 Å². The van der Waals surface area contributed by atoms with Crippen molar-refractivity contribution in [2.75, 3.05) is 32.8 Å². The third kappa shape index (κ3) is 8.57. The third-order valence-electron chi connectivity index (χ3n) is 3.52. The first-order chi connectivity index (χ1) is 11.4. The fraction of sp³-hybridized carbons (Fsp3) is 0.611. The Morgan fingerprint density at radius 3 is 2.52 bits per heavy atom. The standard InChI is InChI=1S/C16H24N2O3.C2H6/c19-13-18-10-12-20-11-7-14-1-3-15(4-2-14)21-16-5-8-17-9-6-16;1-2/h1-4,13,16-17H,5-12H2,(H,18,19);1-2H3. The molecule has 0 spiro atoms. The smallest absolute Gasteiger partial charge is 0.207 e. The highest BCUT2D eigenvalue weighted by Crippen LogP contribution is 2.17. The summed E-state index contributed by atoms with van der Waals surface area (Å²) in [6.45, 7) is 7.86. The van der Waals surface area contributed by atoms with Gasteiger partial charge < -0.3 is 20.1 Å². The zero-order valence-corrected chi connectivity index (χ0v) is 14.3. The first-order valence-corrected chi connectivity index (χ1v) is 8.59. The van der Waals surface area contributed by atoms with Gasteiger partial charge in [-0.1, -0.05) is 26.0 Å². The number of carbonyl (C=O) groups excluding carboxylic acids is 1. The van der Waals surface area contributed by atoms with Crippen LogP contribution in [-0.4, -0.2) is 45.4 Å². The Bertz CT molecular complexity index is 403. The molecular formula is C18H30N2O3. The summed E-state index contributed by atoms with van der Waals surface area (Å²) >= 11 is 0. The van der Waals surface area contributed by atoms with Gasteiger partial charge in [0.2, 0.25) is 6.41 Å². The Hall–Kier alpha value is -1.59. The Balaban J connectivity index is 0.00000127. The zero-order chi connectivity index (χ0) is 16.8. The number of piperidine rings is 1. The summed E-state index contributed by atoms with van der Waals surface area (Å²) in [5.74, 6) is 0.946. The lowest BCUT2D eigenvalue weighted by Gasteiger charge is -2.23. The van der Waals surface area contributed by atoms with Crippen molar-refractivity contribution in [2.24, 2.45) is 0 Å². The zero-order valence-electron chi connectivity index (χ0n) is 14.3. The van der Waals surface area contributed by atoms with Gasteiger partial charge >= 0.3 is 0 Å².